The maximum atomic E-state index is 11.1. The Kier molecular flexibility index (Phi) is 1.38. The lowest BCUT2D eigenvalue weighted by molar-refractivity contribution is 0.602. The number of nitrogens with zero attached hydrogens (tertiary/aromatic N) is 1. The minimum Gasteiger partial charge on any atom is -0.281 e. The second-order valence-corrected chi connectivity index (χ2v) is 4.57. The van der Waals surface area contributed by atoms with E-state index in [1.807, 2.05) is 6.92 Å². The number of hydrogen-bond donors (Lipinski definition) is 1. The van der Waals surface area contributed by atoms with Crippen LogP contribution in [0.5, 0.6) is 0 Å². The predicted octanol–water partition coefficient (Wildman–Crippen LogP) is 0.645. The van der Waals surface area contributed by atoms with Crippen molar-refractivity contribution in [2.45, 2.75) is 12.7 Å². The maximum Gasteiger partial charge on any atom is 0.237 e. The summed E-state index contributed by atoms with van der Waals surface area (Å²) in [7, 11) is -3.12. The summed E-state index contributed by atoms with van der Waals surface area (Å²) in [6.07, 6.45) is 3.20. The molecule has 0 saturated carbocycles. The number of anilines is 1. The van der Waals surface area contributed by atoms with Crippen LogP contribution in [-0.4, -0.2) is 13.4 Å². The molecular weight excluding hydrogens is 176 g/mol. The number of aryl methyl sites for hydroxylation is 1. The number of aromatic nitrogens is 1. The first-order valence-electron chi connectivity index (χ1n) is 3.52. The van der Waals surface area contributed by atoms with Gasteiger partial charge in [0.2, 0.25) is 10.0 Å². The van der Waals surface area contributed by atoms with Gasteiger partial charge in [-0.1, -0.05) is 0 Å². The molecule has 1 aliphatic rings. The van der Waals surface area contributed by atoms with E-state index in [1.165, 1.54) is 6.20 Å². The first kappa shape index (κ1) is 7.54. The van der Waals surface area contributed by atoms with Crippen molar-refractivity contribution < 1.29 is 8.42 Å². The molecule has 0 saturated heterocycles. The molecule has 64 valence electrons. The van der Waals surface area contributed by atoms with Gasteiger partial charge in [-0.3, -0.25) is 9.71 Å². The van der Waals surface area contributed by atoms with E-state index in [2.05, 4.69) is 9.71 Å². The average molecular weight is 184 g/mol. The van der Waals surface area contributed by atoms with E-state index in [4.69, 9.17) is 0 Å². The van der Waals surface area contributed by atoms with Gasteiger partial charge in [0.05, 0.1) is 17.6 Å². The lowest BCUT2D eigenvalue weighted by Crippen LogP contribution is -2.05. The Morgan fingerprint density at radius 1 is 1.50 bits per heavy atom. The van der Waals surface area contributed by atoms with E-state index in [-0.39, 0.29) is 5.75 Å². The smallest absolute Gasteiger partial charge is 0.237 e. The van der Waals surface area contributed by atoms with Gasteiger partial charge in [-0.15, -0.1) is 0 Å². The Labute approximate surface area is 70.7 Å². The molecule has 0 spiro atoms. The molecule has 0 atom stereocenters. The molecule has 1 aromatic heterocycles. The topological polar surface area (TPSA) is 59.1 Å². The molecule has 4 nitrogen and oxygen atoms in total. The van der Waals surface area contributed by atoms with Gasteiger partial charge in [-0.2, -0.15) is 0 Å². The molecule has 0 amide bonds. The van der Waals surface area contributed by atoms with Crippen LogP contribution in [0, 0.1) is 6.92 Å². The third kappa shape index (κ3) is 1.06. The standard InChI is InChI=1S/C7H8N2O2S/c1-5-2-8-3-7-6(5)4-12(10,11)9-7/h2-3,9H,4H2,1H3. The summed E-state index contributed by atoms with van der Waals surface area (Å²) in [6, 6.07) is 0. The molecule has 0 aliphatic carbocycles. The Balaban J connectivity index is 2.63. The summed E-state index contributed by atoms with van der Waals surface area (Å²) in [5.41, 5.74) is 2.38. The lowest BCUT2D eigenvalue weighted by atomic mass is 10.1. The molecule has 2 heterocycles. The molecular formula is C7H8N2O2S. The van der Waals surface area contributed by atoms with E-state index in [0.717, 1.165) is 11.1 Å². The normalized spacial score (nSPS) is 18.4. The van der Waals surface area contributed by atoms with Gasteiger partial charge in [-0.25, -0.2) is 8.42 Å². The van der Waals surface area contributed by atoms with Gasteiger partial charge in [0, 0.05) is 6.20 Å². The van der Waals surface area contributed by atoms with Crippen LogP contribution >= 0.6 is 0 Å². The first-order chi connectivity index (χ1) is 5.58. The maximum absolute atomic E-state index is 11.1. The van der Waals surface area contributed by atoms with Crippen LogP contribution in [0.15, 0.2) is 12.4 Å². The van der Waals surface area contributed by atoms with Gasteiger partial charge < -0.3 is 0 Å². The van der Waals surface area contributed by atoms with Crippen LogP contribution in [0.1, 0.15) is 11.1 Å². The third-order valence-corrected chi connectivity index (χ3v) is 3.07. The number of hydrogen-bond acceptors (Lipinski definition) is 3. The summed E-state index contributed by atoms with van der Waals surface area (Å²) < 4.78 is 24.6. The third-order valence-electron chi connectivity index (χ3n) is 1.87. The number of pyridine rings is 1. The van der Waals surface area contributed by atoms with Crippen molar-refractivity contribution in [3.8, 4) is 0 Å². The van der Waals surface area contributed by atoms with Crippen LogP contribution in [0.2, 0.25) is 0 Å². The fraction of sp³-hybridized carbons (Fsp3) is 0.286. The van der Waals surface area contributed by atoms with Crippen LogP contribution in [0.3, 0.4) is 0 Å². The molecule has 1 aliphatic heterocycles. The highest BCUT2D eigenvalue weighted by atomic mass is 32.2. The van der Waals surface area contributed by atoms with Crippen LogP contribution < -0.4 is 4.72 Å². The van der Waals surface area contributed by atoms with Crippen molar-refractivity contribution in [3.63, 3.8) is 0 Å². The monoisotopic (exact) mass is 184 g/mol. The highest BCUT2D eigenvalue weighted by Crippen LogP contribution is 2.27. The van der Waals surface area contributed by atoms with Gasteiger partial charge in [0.1, 0.15) is 0 Å². The molecule has 12 heavy (non-hydrogen) atoms. The molecule has 2 rings (SSSR count). The fourth-order valence-electron chi connectivity index (χ4n) is 1.27. The molecule has 5 heteroatoms. The summed E-state index contributed by atoms with van der Waals surface area (Å²) in [5.74, 6) is 0.0800. The van der Waals surface area contributed by atoms with E-state index in [9.17, 15) is 8.42 Å². The minimum atomic E-state index is -3.12. The predicted molar refractivity (Wildman–Crippen MR) is 45.2 cm³/mol. The van der Waals surface area contributed by atoms with Gasteiger partial charge >= 0.3 is 0 Å². The van der Waals surface area contributed by atoms with Crippen molar-refractivity contribution in [1.82, 2.24) is 4.98 Å². The average Bonchev–Trinajstić information content (AvgIpc) is 2.25. The minimum absolute atomic E-state index is 0.0800. The first-order valence-corrected chi connectivity index (χ1v) is 5.18. The second-order valence-electron chi connectivity index (χ2n) is 2.84. The Bertz CT molecular complexity index is 425. The zero-order valence-corrected chi connectivity index (χ0v) is 7.35. The van der Waals surface area contributed by atoms with Gasteiger partial charge in [0.25, 0.3) is 0 Å². The van der Waals surface area contributed by atoms with Crippen LogP contribution in [0.4, 0.5) is 5.69 Å². The van der Waals surface area contributed by atoms with Crippen molar-refractivity contribution in [2.24, 2.45) is 0 Å². The van der Waals surface area contributed by atoms with E-state index < -0.39 is 10.0 Å². The van der Waals surface area contributed by atoms with Crippen LogP contribution in [0.25, 0.3) is 0 Å². The summed E-state index contributed by atoms with van der Waals surface area (Å²) in [4.78, 5) is 3.89. The zero-order valence-electron chi connectivity index (χ0n) is 6.53. The van der Waals surface area contributed by atoms with Crippen molar-refractivity contribution in [3.05, 3.63) is 23.5 Å². The number of sulfonamides is 1. The molecule has 1 N–H and O–H groups in total. The molecule has 0 bridgehead atoms. The zero-order chi connectivity index (χ0) is 8.77. The molecule has 0 fully saturated rings. The highest BCUT2D eigenvalue weighted by molar-refractivity contribution is 7.92. The molecule has 0 aromatic carbocycles. The lowest BCUT2D eigenvalue weighted by Gasteiger charge is -1.97. The molecule has 1 aromatic rings. The highest BCUT2D eigenvalue weighted by Gasteiger charge is 2.24. The molecule has 0 radical (unpaired) electrons. The SMILES string of the molecule is Cc1cncc2c1CS(=O)(=O)N2. The number of rotatable bonds is 0. The number of nitrogens with one attached hydrogen (secondary N) is 1. The van der Waals surface area contributed by atoms with Crippen molar-refractivity contribution >= 4 is 15.7 Å². The fourth-order valence-corrected chi connectivity index (χ4v) is 2.61. The van der Waals surface area contributed by atoms with Gasteiger partial charge in [0.15, 0.2) is 0 Å². The Hall–Kier alpha value is -1.10. The summed E-state index contributed by atoms with van der Waals surface area (Å²) in [6.45, 7) is 1.86. The second kappa shape index (κ2) is 2.20. The molecule has 0 unspecified atom stereocenters. The number of fused-ring (bicyclic) bond motifs is 1. The largest absolute Gasteiger partial charge is 0.281 e. The van der Waals surface area contributed by atoms with E-state index in [1.54, 1.807) is 6.20 Å². The Morgan fingerprint density at radius 2 is 2.25 bits per heavy atom. The van der Waals surface area contributed by atoms with Crippen molar-refractivity contribution in [1.29, 1.82) is 0 Å². The van der Waals surface area contributed by atoms with Crippen LogP contribution in [-0.2, 0) is 15.8 Å². The summed E-state index contributed by atoms with van der Waals surface area (Å²) in [5, 5.41) is 0. The van der Waals surface area contributed by atoms with E-state index in [0.29, 0.717) is 5.69 Å². The van der Waals surface area contributed by atoms with Crippen molar-refractivity contribution in [2.75, 3.05) is 4.72 Å². The summed E-state index contributed by atoms with van der Waals surface area (Å²) >= 11 is 0. The van der Waals surface area contributed by atoms with E-state index >= 15 is 0 Å². The Morgan fingerprint density at radius 3 is 2.92 bits per heavy atom. The quantitative estimate of drug-likeness (QED) is 0.643. The van der Waals surface area contributed by atoms with Gasteiger partial charge in [-0.05, 0) is 18.1 Å².